The van der Waals surface area contributed by atoms with Gasteiger partial charge in [0.05, 0.1) is 5.41 Å². The Balaban J connectivity index is 1.84. The molecule has 0 saturated heterocycles. The Labute approximate surface area is 185 Å². The molecule has 0 aromatic heterocycles. The summed E-state index contributed by atoms with van der Waals surface area (Å²) in [4.78, 5) is 0. The summed E-state index contributed by atoms with van der Waals surface area (Å²) in [6.45, 7) is 8.97. The predicted molar refractivity (Wildman–Crippen MR) is 131 cm³/mol. The highest BCUT2D eigenvalue weighted by molar-refractivity contribution is 5.95. The van der Waals surface area contributed by atoms with Crippen molar-refractivity contribution in [3.8, 4) is 22.3 Å². The van der Waals surface area contributed by atoms with E-state index in [0.717, 1.165) is 12.8 Å². The second kappa shape index (κ2) is 6.44. The van der Waals surface area contributed by atoms with Crippen LogP contribution in [0.5, 0.6) is 0 Å². The van der Waals surface area contributed by atoms with Crippen LogP contribution < -0.4 is 0 Å². The Morgan fingerprint density at radius 1 is 0.484 bits per heavy atom. The van der Waals surface area contributed by atoms with Crippen LogP contribution in [0.1, 0.15) is 58.4 Å². The molecule has 31 heavy (non-hydrogen) atoms. The Kier molecular flexibility index (Phi) is 3.87. The van der Waals surface area contributed by atoms with E-state index in [-0.39, 0.29) is 5.41 Å². The lowest BCUT2D eigenvalue weighted by molar-refractivity contribution is 0.787. The highest BCUT2D eigenvalue weighted by atomic mass is 14.5. The van der Waals surface area contributed by atoms with E-state index in [1.807, 2.05) is 0 Å². The fraction of sp³-hybridized carbons (Fsp3) is 0.226. The molecular formula is C31H28. The third-order valence-corrected chi connectivity index (χ3v) is 7.53. The number of hydrogen-bond acceptors (Lipinski definition) is 0. The number of benzene rings is 4. The SMILES string of the molecule is CCc1ccc2c(c1)C1(c3cc(C)ccc3-2)c2cc(C)ccc2-c2ccc(CC)cc21. The standard InChI is InChI=1S/C31H28/c1-5-21-9-13-25-23-11-7-19(3)15-27(23)31(29(25)17-21)28-16-20(4)8-12-24(28)26-14-10-22(6-2)18-30(26)31/h7-18H,5-6H2,1-4H3. The number of rotatable bonds is 2. The molecule has 0 nitrogen and oxygen atoms in total. The molecular weight excluding hydrogens is 372 g/mol. The Bertz CT molecular complexity index is 1260. The molecule has 0 unspecified atom stereocenters. The van der Waals surface area contributed by atoms with Crippen molar-refractivity contribution in [2.45, 2.75) is 46.0 Å². The minimum atomic E-state index is -0.219. The van der Waals surface area contributed by atoms with E-state index < -0.39 is 0 Å². The Hall–Kier alpha value is -3.12. The Morgan fingerprint density at radius 3 is 1.23 bits per heavy atom. The van der Waals surface area contributed by atoms with Gasteiger partial charge in [0.15, 0.2) is 0 Å². The van der Waals surface area contributed by atoms with Crippen molar-refractivity contribution < 1.29 is 0 Å². The van der Waals surface area contributed by atoms with Crippen LogP contribution in [-0.4, -0.2) is 0 Å². The van der Waals surface area contributed by atoms with Crippen LogP contribution in [0, 0.1) is 13.8 Å². The van der Waals surface area contributed by atoms with Gasteiger partial charge in [-0.05, 0) is 82.3 Å². The molecule has 0 amide bonds. The molecule has 0 bridgehead atoms. The predicted octanol–water partition coefficient (Wildman–Crippen LogP) is 7.77. The zero-order valence-electron chi connectivity index (χ0n) is 18.8. The monoisotopic (exact) mass is 400 g/mol. The summed E-state index contributed by atoms with van der Waals surface area (Å²) >= 11 is 0. The molecule has 4 aromatic rings. The summed E-state index contributed by atoms with van der Waals surface area (Å²) in [6.07, 6.45) is 2.11. The summed E-state index contributed by atoms with van der Waals surface area (Å²) in [5.74, 6) is 0. The highest BCUT2D eigenvalue weighted by Gasteiger charge is 2.51. The van der Waals surface area contributed by atoms with Gasteiger partial charge in [0, 0.05) is 0 Å². The summed E-state index contributed by atoms with van der Waals surface area (Å²) in [5.41, 5.74) is 16.7. The first-order valence-electron chi connectivity index (χ1n) is 11.6. The van der Waals surface area contributed by atoms with Crippen LogP contribution >= 0.6 is 0 Å². The van der Waals surface area contributed by atoms with Gasteiger partial charge < -0.3 is 0 Å². The second-order valence-corrected chi connectivity index (χ2v) is 9.32. The second-order valence-electron chi connectivity index (χ2n) is 9.32. The van der Waals surface area contributed by atoms with Crippen LogP contribution in [0.3, 0.4) is 0 Å². The average molecular weight is 401 g/mol. The van der Waals surface area contributed by atoms with Crippen LogP contribution in [-0.2, 0) is 18.3 Å². The van der Waals surface area contributed by atoms with Gasteiger partial charge in [-0.25, -0.2) is 0 Å². The van der Waals surface area contributed by atoms with E-state index in [2.05, 4.69) is 100 Å². The normalized spacial score (nSPS) is 14.3. The minimum absolute atomic E-state index is 0.219. The van der Waals surface area contributed by atoms with E-state index in [9.17, 15) is 0 Å². The number of aryl methyl sites for hydroxylation is 4. The lowest BCUT2D eigenvalue weighted by Crippen LogP contribution is -2.26. The van der Waals surface area contributed by atoms with Crippen LogP contribution in [0.25, 0.3) is 22.3 Å². The zero-order valence-corrected chi connectivity index (χ0v) is 18.8. The summed E-state index contributed by atoms with van der Waals surface area (Å²) < 4.78 is 0. The summed E-state index contributed by atoms with van der Waals surface area (Å²) in [7, 11) is 0. The largest absolute Gasteiger partial charge is 0.0725 e. The minimum Gasteiger partial charge on any atom is -0.0613 e. The molecule has 0 fully saturated rings. The first kappa shape index (κ1) is 18.6. The molecule has 1 spiro atoms. The maximum atomic E-state index is 2.49. The van der Waals surface area contributed by atoms with E-state index in [4.69, 9.17) is 0 Å². The molecule has 0 heterocycles. The lowest BCUT2D eigenvalue weighted by Gasteiger charge is -2.31. The van der Waals surface area contributed by atoms with Crippen LogP contribution in [0.4, 0.5) is 0 Å². The van der Waals surface area contributed by atoms with Crippen molar-refractivity contribution in [1.29, 1.82) is 0 Å². The molecule has 0 saturated carbocycles. The van der Waals surface area contributed by atoms with Gasteiger partial charge >= 0.3 is 0 Å². The number of fused-ring (bicyclic) bond motifs is 10. The van der Waals surface area contributed by atoms with E-state index in [0.29, 0.717) is 0 Å². The maximum Gasteiger partial charge on any atom is 0.0725 e. The lowest BCUT2D eigenvalue weighted by atomic mass is 9.69. The maximum absolute atomic E-state index is 2.49. The van der Waals surface area contributed by atoms with Crippen LogP contribution in [0.15, 0.2) is 72.8 Å². The van der Waals surface area contributed by atoms with Crippen molar-refractivity contribution in [2.24, 2.45) is 0 Å². The molecule has 2 aliphatic rings. The molecule has 0 radical (unpaired) electrons. The van der Waals surface area contributed by atoms with Crippen LogP contribution in [0.2, 0.25) is 0 Å². The van der Waals surface area contributed by atoms with E-state index >= 15 is 0 Å². The molecule has 0 aliphatic heterocycles. The van der Waals surface area contributed by atoms with Gasteiger partial charge in [-0.2, -0.15) is 0 Å². The quantitative estimate of drug-likeness (QED) is 0.278. The van der Waals surface area contributed by atoms with E-state index in [1.165, 1.54) is 66.8 Å². The fourth-order valence-corrected chi connectivity index (χ4v) is 5.99. The number of hydrogen-bond donors (Lipinski definition) is 0. The molecule has 0 atom stereocenters. The highest BCUT2D eigenvalue weighted by Crippen LogP contribution is 2.63. The molecule has 2 aliphatic carbocycles. The van der Waals surface area contributed by atoms with Gasteiger partial charge in [-0.1, -0.05) is 97.8 Å². The van der Waals surface area contributed by atoms with Gasteiger partial charge in [0.1, 0.15) is 0 Å². The fourth-order valence-electron chi connectivity index (χ4n) is 5.99. The third-order valence-electron chi connectivity index (χ3n) is 7.53. The third kappa shape index (κ3) is 2.31. The topological polar surface area (TPSA) is 0 Å². The first-order valence-corrected chi connectivity index (χ1v) is 11.6. The van der Waals surface area contributed by atoms with Gasteiger partial charge in [0.25, 0.3) is 0 Å². The molecule has 0 N–H and O–H groups in total. The van der Waals surface area contributed by atoms with Crippen molar-refractivity contribution in [2.75, 3.05) is 0 Å². The van der Waals surface area contributed by atoms with Gasteiger partial charge in [-0.15, -0.1) is 0 Å². The van der Waals surface area contributed by atoms with Crippen molar-refractivity contribution in [1.82, 2.24) is 0 Å². The average Bonchev–Trinajstić information content (AvgIpc) is 3.23. The van der Waals surface area contributed by atoms with Crippen molar-refractivity contribution in [3.05, 3.63) is 117 Å². The summed E-state index contributed by atoms with van der Waals surface area (Å²) in [5, 5.41) is 0. The smallest absolute Gasteiger partial charge is 0.0613 e. The summed E-state index contributed by atoms with van der Waals surface area (Å²) in [6, 6.07) is 28.5. The molecule has 152 valence electrons. The van der Waals surface area contributed by atoms with Crippen molar-refractivity contribution >= 4 is 0 Å². The molecule has 4 aromatic carbocycles. The first-order chi connectivity index (χ1) is 15.1. The Morgan fingerprint density at radius 2 is 0.839 bits per heavy atom. The van der Waals surface area contributed by atoms with E-state index in [1.54, 1.807) is 0 Å². The van der Waals surface area contributed by atoms with Gasteiger partial charge in [0.2, 0.25) is 0 Å². The van der Waals surface area contributed by atoms with Gasteiger partial charge in [-0.3, -0.25) is 0 Å². The van der Waals surface area contributed by atoms with Crippen molar-refractivity contribution in [3.63, 3.8) is 0 Å². The zero-order chi connectivity index (χ0) is 21.3. The molecule has 6 rings (SSSR count). The molecule has 0 heteroatoms.